The van der Waals surface area contributed by atoms with Crippen LogP contribution >= 0.6 is 11.6 Å². The molecule has 0 fully saturated rings. The molecule has 0 spiro atoms. The van der Waals surface area contributed by atoms with Crippen LogP contribution in [0.3, 0.4) is 0 Å². The predicted molar refractivity (Wildman–Crippen MR) is 50.4 cm³/mol. The number of fused-ring (bicyclic) bond motifs is 1. The first-order valence-electron chi connectivity index (χ1n) is 3.91. The Morgan fingerprint density at radius 3 is 3.08 bits per heavy atom. The molecule has 0 aliphatic rings. The van der Waals surface area contributed by atoms with Crippen molar-refractivity contribution in [1.82, 2.24) is 9.55 Å². The number of rotatable bonds is 1. The predicted octanol–water partition coefficient (Wildman–Crippen LogP) is 2.71. The fourth-order valence-electron chi connectivity index (χ4n) is 1.35. The molecule has 0 unspecified atom stereocenters. The first kappa shape index (κ1) is 7.62. The molecule has 0 aliphatic heterocycles. The Morgan fingerprint density at radius 2 is 2.33 bits per heavy atom. The minimum absolute atomic E-state index is 0.722. The van der Waals surface area contributed by atoms with Crippen molar-refractivity contribution in [2.75, 3.05) is 0 Å². The summed E-state index contributed by atoms with van der Waals surface area (Å²) in [6, 6.07) is 2.02. The van der Waals surface area contributed by atoms with Gasteiger partial charge in [-0.15, -0.1) is 0 Å². The lowest BCUT2D eigenvalue weighted by Gasteiger charge is -1.99. The summed E-state index contributed by atoms with van der Waals surface area (Å²) in [5.41, 5.74) is 1.10. The minimum atomic E-state index is 0.722. The third kappa shape index (κ3) is 0.994. The zero-order valence-electron chi connectivity index (χ0n) is 6.79. The van der Waals surface area contributed by atoms with E-state index in [1.807, 2.05) is 18.5 Å². The molecule has 3 heteroatoms. The number of hydrogen-bond donors (Lipinski definition) is 0. The summed E-state index contributed by atoms with van der Waals surface area (Å²) in [4.78, 5) is 4.04. The van der Waals surface area contributed by atoms with Crippen molar-refractivity contribution in [3.05, 3.63) is 29.7 Å². The second-order valence-electron chi connectivity index (χ2n) is 2.66. The molecule has 12 heavy (non-hydrogen) atoms. The van der Waals surface area contributed by atoms with Gasteiger partial charge >= 0.3 is 0 Å². The minimum Gasteiger partial charge on any atom is -0.346 e. The van der Waals surface area contributed by atoms with E-state index in [0.717, 1.165) is 22.5 Å². The van der Waals surface area contributed by atoms with Crippen LogP contribution < -0.4 is 0 Å². The van der Waals surface area contributed by atoms with Crippen LogP contribution in [0.1, 0.15) is 6.92 Å². The van der Waals surface area contributed by atoms with Crippen LogP contribution in [0.15, 0.2) is 24.7 Å². The van der Waals surface area contributed by atoms with Crippen LogP contribution in [0, 0.1) is 0 Å². The lowest BCUT2D eigenvalue weighted by Crippen LogP contribution is -1.90. The van der Waals surface area contributed by atoms with Crippen molar-refractivity contribution in [1.29, 1.82) is 0 Å². The van der Waals surface area contributed by atoms with Crippen molar-refractivity contribution in [3.8, 4) is 0 Å². The standard InChI is InChI=1S/C9H9ClN2/c1-2-12-4-3-7-8(10)5-11-6-9(7)12/h3-6H,2H2,1H3. The summed E-state index contributed by atoms with van der Waals surface area (Å²) in [6.45, 7) is 3.05. The Labute approximate surface area is 75.8 Å². The summed E-state index contributed by atoms with van der Waals surface area (Å²) in [5, 5.41) is 1.80. The largest absolute Gasteiger partial charge is 0.346 e. The van der Waals surface area contributed by atoms with Gasteiger partial charge in [-0.1, -0.05) is 11.6 Å². The molecule has 2 aromatic heterocycles. The molecule has 2 nitrogen and oxygen atoms in total. The second kappa shape index (κ2) is 2.79. The zero-order valence-corrected chi connectivity index (χ0v) is 7.54. The van der Waals surface area contributed by atoms with Crippen molar-refractivity contribution >= 4 is 22.5 Å². The molecular weight excluding hydrogens is 172 g/mol. The van der Waals surface area contributed by atoms with Crippen LogP contribution in [0.4, 0.5) is 0 Å². The van der Waals surface area contributed by atoms with E-state index in [1.54, 1.807) is 6.20 Å². The number of aryl methyl sites for hydroxylation is 1. The fraction of sp³-hybridized carbons (Fsp3) is 0.222. The van der Waals surface area contributed by atoms with Gasteiger partial charge in [-0.2, -0.15) is 0 Å². The Morgan fingerprint density at radius 1 is 1.50 bits per heavy atom. The third-order valence-electron chi connectivity index (χ3n) is 1.99. The summed E-state index contributed by atoms with van der Waals surface area (Å²) < 4.78 is 2.12. The van der Waals surface area contributed by atoms with Gasteiger partial charge in [0.15, 0.2) is 0 Å². The van der Waals surface area contributed by atoms with Crippen molar-refractivity contribution < 1.29 is 0 Å². The van der Waals surface area contributed by atoms with Crippen LogP contribution in [-0.2, 0) is 6.54 Å². The molecule has 0 radical (unpaired) electrons. The van der Waals surface area contributed by atoms with E-state index in [0.29, 0.717) is 0 Å². The molecular formula is C9H9ClN2. The maximum Gasteiger partial charge on any atom is 0.0683 e. The van der Waals surface area contributed by atoms with Crippen molar-refractivity contribution in [3.63, 3.8) is 0 Å². The molecule has 2 rings (SSSR count). The molecule has 0 aromatic carbocycles. The van der Waals surface area contributed by atoms with E-state index < -0.39 is 0 Å². The highest BCUT2D eigenvalue weighted by molar-refractivity contribution is 6.35. The topological polar surface area (TPSA) is 17.8 Å². The molecule has 2 heterocycles. The highest BCUT2D eigenvalue weighted by atomic mass is 35.5. The van der Waals surface area contributed by atoms with Crippen LogP contribution in [-0.4, -0.2) is 9.55 Å². The van der Waals surface area contributed by atoms with E-state index in [1.165, 1.54) is 0 Å². The van der Waals surface area contributed by atoms with Gasteiger partial charge in [-0.25, -0.2) is 0 Å². The summed E-state index contributed by atoms with van der Waals surface area (Å²) >= 11 is 5.95. The lowest BCUT2D eigenvalue weighted by molar-refractivity contribution is 0.796. The number of nitrogens with zero attached hydrogens (tertiary/aromatic N) is 2. The summed E-state index contributed by atoms with van der Waals surface area (Å²) in [5.74, 6) is 0. The first-order chi connectivity index (χ1) is 5.83. The number of hydrogen-bond acceptors (Lipinski definition) is 1. The Bertz CT molecular complexity index is 406. The maximum atomic E-state index is 5.95. The highest BCUT2D eigenvalue weighted by Gasteiger charge is 2.02. The van der Waals surface area contributed by atoms with Crippen LogP contribution in [0.2, 0.25) is 5.02 Å². The highest BCUT2D eigenvalue weighted by Crippen LogP contribution is 2.22. The molecule has 0 N–H and O–H groups in total. The molecule has 2 aromatic rings. The summed E-state index contributed by atoms with van der Waals surface area (Å²) in [7, 11) is 0. The van der Waals surface area contributed by atoms with Gasteiger partial charge < -0.3 is 4.57 Å². The third-order valence-corrected chi connectivity index (χ3v) is 2.29. The Balaban J connectivity index is 2.80. The zero-order chi connectivity index (χ0) is 8.55. The SMILES string of the molecule is CCn1ccc2c(Cl)cncc21. The quantitative estimate of drug-likeness (QED) is 0.660. The normalized spacial score (nSPS) is 10.8. The smallest absolute Gasteiger partial charge is 0.0683 e. The molecule has 0 amide bonds. The second-order valence-corrected chi connectivity index (χ2v) is 3.06. The molecule has 62 valence electrons. The van der Waals surface area contributed by atoms with E-state index in [2.05, 4.69) is 16.5 Å². The van der Waals surface area contributed by atoms with Crippen LogP contribution in [0.25, 0.3) is 10.9 Å². The molecule has 0 saturated heterocycles. The van der Waals surface area contributed by atoms with Gasteiger partial charge in [0, 0.05) is 24.3 Å². The summed E-state index contributed by atoms with van der Waals surface area (Å²) in [6.07, 6.45) is 5.53. The van der Waals surface area contributed by atoms with Gasteiger partial charge in [0.25, 0.3) is 0 Å². The van der Waals surface area contributed by atoms with Crippen LogP contribution in [0.5, 0.6) is 0 Å². The average Bonchev–Trinajstić information content (AvgIpc) is 2.49. The number of pyridine rings is 1. The van der Waals surface area contributed by atoms with Crippen molar-refractivity contribution in [2.45, 2.75) is 13.5 Å². The molecule has 0 bridgehead atoms. The van der Waals surface area contributed by atoms with Gasteiger partial charge in [-0.05, 0) is 13.0 Å². The molecule has 0 aliphatic carbocycles. The van der Waals surface area contributed by atoms with Gasteiger partial charge in [0.1, 0.15) is 0 Å². The van der Waals surface area contributed by atoms with E-state index >= 15 is 0 Å². The number of aromatic nitrogens is 2. The van der Waals surface area contributed by atoms with Crippen molar-refractivity contribution in [2.24, 2.45) is 0 Å². The molecule has 0 saturated carbocycles. The van der Waals surface area contributed by atoms with Gasteiger partial charge in [0.05, 0.1) is 16.7 Å². The Kier molecular flexibility index (Phi) is 1.77. The van der Waals surface area contributed by atoms with E-state index in [9.17, 15) is 0 Å². The lowest BCUT2D eigenvalue weighted by atomic mass is 10.3. The Hall–Kier alpha value is -1.02. The monoisotopic (exact) mass is 180 g/mol. The fourth-order valence-corrected chi connectivity index (χ4v) is 1.57. The van der Waals surface area contributed by atoms with E-state index in [-0.39, 0.29) is 0 Å². The average molecular weight is 181 g/mol. The van der Waals surface area contributed by atoms with Gasteiger partial charge in [-0.3, -0.25) is 4.98 Å². The molecule has 0 atom stereocenters. The van der Waals surface area contributed by atoms with E-state index in [4.69, 9.17) is 11.6 Å². The van der Waals surface area contributed by atoms with Gasteiger partial charge in [0.2, 0.25) is 0 Å². The first-order valence-corrected chi connectivity index (χ1v) is 4.29. The number of halogens is 1. The maximum absolute atomic E-state index is 5.95.